The summed E-state index contributed by atoms with van der Waals surface area (Å²) in [6.07, 6.45) is 1.61. The Morgan fingerprint density at radius 1 is 0.842 bits per heavy atom. The Morgan fingerprint density at radius 3 is 2.00 bits per heavy atom. The summed E-state index contributed by atoms with van der Waals surface area (Å²) in [5, 5.41) is 7.30. The highest BCUT2D eigenvalue weighted by molar-refractivity contribution is 5.85. The molecule has 98 valence electrons. The van der Waals surface area contributed by atoms with Crippen LogP contribution < -0.4 is 11.5 Å². The molecule has 0 aliphatic heterocycles. The fourth-order valence-electron chi connectivity index (χ4n) is 1.55. The van der Waals surface area contributed by atoms with E-state index in [1.807, 2.05) is 42.5 Å². The van der Waals surface area contributed by atoms with Gasteiger partial charge in [-0.3, -0.25) is 0 Å². The highest BCUT2D eigenvalue weighted by atomic mass is 35.5. The third kappa shape index (κ3) is 4.44. The zero-order valence-corrected chi connectivity index (χ0v) is 11.0. The van der Waals surface area contributed by atoms with Gasteiger partial charge in [0.05, 0.1) is 6.21 Å². The molecule has 4 N–H and O–H groups in total. The van der Waals surface area contributed by atoms with E-state index in [0.29, 0.717) is 0 Å². The smallest absolute Gasteiger partial charge is 0.211 e. The molecular formula is C14H15ClN4. The lowest BCUT2D eigenvalue weighted by Crippen LogP contribution is -2.21. The molecule has 4 nitrogen and oxygen atoms in total. The molecule has 0 amide bonds. The van der Waals surface area contributed by atoms with Crippen molar-refractivity contribution in [3.63, 3.8) is 0 Å². The monoisotopic (exact) mass is 274 g/mol. The molecule has 5 heteroatoms. The average Bonchev–Trinajstić information content (AvgIpc) is 2.40. The Labute approximate surface area is 118 Å². The minimum Gasteiger partial charge on any atom is -0.369 e. The third-order valence-electron chi connectivity index (χ3n) is 2.40. The van der Waals surface area contributed by atoms with Crippen molar-refractivity contribution in [2.45, 2.75) is 0 Å². The lowest BCUT2D eigenvalue weighted by Gasteiger charge is -2.01. The normalized spacial score (nSPS) is 9.89. The number of halogens is 1. The van der Waals surface area contributed by atoms with Crippen molar-refractivity contribution >= 4 is 24.6 Å². The van der Waals surface area contributed by atoms with Crippen molar-refractivity contribution in [3.8, 4) is 11.1 Å². The largest absolute Gasteiger partial charge is 0.369 e. The molecule has 2 aromatic carbocycles. The SMILES string of the molecule is Cl.NC(N)=NN=Cc1ccc(-c2ccccc2)cc1. The Balaban J connectivity index is 0.00000180. The maximum absolute atomic E-state index is 5.17. The summed E-state index contributed by atoms with van der Waals surface area (Å²) >= 11 is 0. The predicted octanol–water partition coefficient (Wildman–Crippen LogP) is 2.38. The molecular weight excluding hydrogens is 260 g/mol. The topological polar surface area (TPSA) is 76.8 Å². The van der Waals surface area contributed by atoms with Crippen molar-refractivity contribution in [2.75, 3.05) is 0 Å². The molecule has 0 aliphatic carbocycles. The Bertz CT molecular complexity index is 558. The van der Waals surface area contributed by atoms with Crippen LogP contribution in [0.5, 0.6) is 0 Å². The Hall–Kier alpha value is -2.33. The molecule has 0 atom stereocenters. The molecule has 2 rings (SSSR count). The number of hydrogen-bond acceptors (Lipinski definition) is 2. The van der Waals surface area contributed by atoms with E-state index < -0.39 is 0 Å². The van der Waals surface area contributed by atoms with Crippen LogP contribution in [0, 0.1) is 0 Å². The van der Waals surface area contributed by atoms with Gasteiger partial charge >= 0.3 is 0 Å². The van der Waals surface area contributed by atoms with Crippen LogP contribution in [-0.4, -0.2) is 12.2 Å². The van der Waals surface area contributed by atoms with Gasteiger partial charge < -0.3 is 11.5 Å². The molecule has 0 saturated carbocycles. The van der Waals surface area contributed by atoms with Gasteiger partial charge in [0, 0.05) is 0 Å². The number of nitrogens with two attached hydrogens (primary N) is 2. The van der Waals surface area contributed by atoms with E-state index in [1.165, 1.54) is 5.56 Å². The van der Waals surface area contributed by atoms with E-state index in [4.69, 9.17) is 11.5 Å². The minimum absolute atomic E-state index is 0. The zero-order valence-electron chi connectivity index (χ0n) is 10.2. The summed E-state index contributed by atoms with van der Waals surface area (Å²) in [7, 11) is 0. The van der Waals surface area contributed by atoms with Crippen LogP contribution in [0.15, 0.2) is 64.8 Å². The van der Waals surface area contributed by atoms with Gasteiger partial charge in [-0.2, -0.15) is 5.10 Å². The molecule has 2 aromatic rings. The van der Waals surface area contributed by atoms with E-state index in [1.54, 1.807) is 6.21 Å². The second kappa shape index (κ2) is 7.18. The van der Waals surface area contributed by atoms with Gasteiger partial charge in [-0.25, -0.2) is 0 Å². The van der Waals surface area contributed by atoms with Gasteiger partial charge in [0.2, 0.25) is 5.96 Å². The molecule has 0 spiro atoms. The zero-order chi connectivity index (χ0) is 12.8. The van der Waals surface area contributed by atoms with Crippen LogP contribution in [0.2, 0.25) is 0 Å². The summed E-state index contributed by atoms with van der Waals surface area (Å²) in [4.78, 5) is 0. The molecule has 0 bridgehead atoms. The molecule has 0 aliphatic rings. The van der Waals surface area contributed by atoms with E-state index in [9.17, 15) is 0 Å². The second-order valence-corrected chi connectivity index (χ2v) is 3.76. The van der Waals surface area contributed by atoms with Crippen molar-refractivity contribution < 1.29 is 0 Å². The highest BCUT2D eigenvalue weighted by Gasteiger charge is 1.95. The van der Waals surface area contributed by atoms with Crippen LogP contribution in [0.25, 0.3) is 11.1 Å². The second-order valence-electron chi connectivity index (χ2n) is 3.76. The average molecular weight is 275 g/mol. The maximum Gasteiger partial charge on any atom is 0.211 e. The number of hydrogen-bond donors (Lipinski definition) is 2. The van der Waals surface area contributed by atoms with Crippen molar-refractivity contribution in [3.05, 3.63) is 60.2 Å². The summed E-state index contributed by atoms with van der Waals surface area (Å²) in [6.45, 7) is 0. The number of rotatable bonds is 3. The standard InChI is InChI=1S/C14H14N4.ClH/c15-14(16)18-17-10-11-6-8-13(9-7-11)12-4-2-1-3-5-12;/h1-10H,(H4,15,16,18);1H. The number of guanidine groups is 1. The first kappa shape index (κ1) is 14.7. The maximum atomic E-state index is 5.17. The van der Waals surface area contributed by atoms with Crippen molar-refractivity contribution in [1.29, 1.82) is 0 Å². The summed E-state index contributed by atoms with van der Waals surface area (Å²) in [6, 6.07) is 18.2. The minimum atomic E-state index is -0.0489. The van der Waals surface area contributed by atoms with Crippen LogP contribution in [-0.2, 0) is 0 Å². The van der Waals surface area contributed by atoms with E-state index in [-0.39, 0.29) is 18.4 Å². The van der Waals surface area contributed by atoms with E-state index >= 15 is 0 Å². The van der Waals surface area contributed by atoms with Crippen LogP contribution in [0.3, 0.4) is 0 Å². The first-order chi connectivity index (χ1) is 8.75. The Morgan fingerprint density at radius 2 is 1.42 bits per heavy atom. The predicted molar refractivity (Wildman–Crippen MR) is 82.5 cm³/mol. The number of benzene rings is 2. The third-order valence-corrected chi connectivity index (χ3v) is 2.40. The van der Waals surface area contributed by atoms with Gasteiger partial charge in [0.1, 0.15) is 0 Å². The fraction of sp³-hybridized carbons (Fsp3) is 0. The first-order valence-electron chi connectivity index (χ1n) is 5.53. The summed E-state index contributed by atoms with van der Waals surface area (Å²) in [5.74, 6) is -0.0489. The molecule has 19 heavy (non-hydrogen) atoms. The van der Waals surface area contributed by atoms with Gasteiger partial charge in [0.25, 0.3) is 0 Å². The van der Waals surface area contributed by atoms with Gasteiger partial charge in [-0.05, 0) is 16.7 Å². The quantitative estimate of drug-likeness (QED) is 0.512. The molecule has 0 unspecified atom stereocenters. The van der Waals surface area contributed by atoms with Gasteiger partial charge in [0.15, 0.2) is 0 Å². The van der Waals surface area contributed by atoms with Gasteiger partial charge in [-0.1, -0.05) is 54.6 Å². The molecule has 0 saturated heterocycles. The fourth-order valence-corrected chi connectivity index (χ4v) is 1.55. The first-order valence-corrected chi connectivity index (χ1v) is 5.53. The molecule has 0 radical (unpaired) electrons. The van der Waals surface area contributed by atoms with Crippen LogP contribution in [0.1, 0.15) is 5.56 Å². The molecule has 0 fully saturated rings. The Kier molecular flexibility index (Phi) is 5.57. The number of nitrogens with zero attached hydrogens (tertiary/aromatic N) is 2. The van der Waals surface area contributed by atoms with Gasteiger partial charge in [-0.15, -0.1) is 17.5 Å². The van der Waals surface area contributed by atoms with Crippen LogP contribution in [0.4, 0.5) is 0 Å². The van der Waals surface area contributed by atoms with Crippen LogP contribution >= 0.6 is 12.4 Å². The summed E-state index contributed by atoms with van der Waals surface area (Å²) in [5.41, 5.74) is 13.6. The lowest BCUT2D eigenvalue weighted by atomic mass is 10.0. The van der Waals surface area contributed by atoms with Crippen molar-refractivity contribution in [1.82, 2.24) is 0 Å². The van der Waals surface area contributed by atoms with E-state index in [0.717, 1.165) is 11.1 Å². The molecule has 0 heterocycles. The molecule has 0 aromatic heterocycles. The lowest BCUT2D eigenvalue weighted by molar-refractivity contribution is 1.21. The van der Waals surface area contributed by atoms with Crippen molar-refractivity contribution in [2.24, 2.45) is 21.7 Å². The summed E-state index contributed by atoms with van der Waals surface area (Å²) < 4.78 is 0. The highest BCUT2D eigenvalue weighted by Crippen LogP contribution is 2.18. The van der Waals surface area contributed by atoms with E-state index in [2.05, 4.69) is 22.3 Å².